The summed E-state index contributed by atoms with van der Waals surface area (Å²) in [6, 6.07) is 0.567. The number of carbonyl (C=O) groups is 1. The van der Waals surface area contributed by atoms with Crippen LogP contribution >= 0.6 is 0 Å². The normalized spacial score (nSPS) is 44.4. The molecule has 0 atom stereocenters. The summed E-state index contributed by atoms with van der Waals surface area (Å²) >= 11 is 0. The number of allylic oxidation sites excluding steroid dienone is 2. The van der Waals surface area contributed by atoms with Gasteiger partial charge in [-0.25, -0.2) is 0 Å². The Labute approximate surface area is 127 Å². The summed E-state index contributed by atoms with van der Waals surface area (Å²) in [4.78, 5) is 15.2. The van der Waals surface area contributed by atoms with E-state index in [1.54, 1.807) is 0 Å². The standard InChI is InChI=1S/C19H25NO/c1-11-3-2-4-16-17(11)10-20(19(16)21)18-14-6-12-5-13(8-14)9-15(18)7-12/h4,12-15,18H,2-3,5-10H2,1H3. The molecule has 5 fully saturated rings. The molecule has 21 heavy (non-hydrogen) atoms. The third-order valence-corrected chi connectivity index (χ3v) is 7.06. The number of fused-ring (bicyclic) bond motifs is 1. The van der Waals surface area contributed by atoms with E-state index in [1.807, 2.05) is 0 Å². The number of nitrogens with zero attached hydrogens (tertiary/aromatic N) is 1. The Morgan fingerprint density at radius 1 is 1.05 bits per heavy atom. The zero-order valence-corrected chi connectivity index (χ0v) is 13.0. The number of amides is 1. The zero-order valence-electron chi connectivity index (χ0n) is 13.0. The predicted molar refractivity (Wildman–Crippen MR) is 82.6 cm³/mol. The first-order chi connectivity index (χ1) is 10.2. The van der Waals surface area contributed by atoms with E-state index >= 15 is 0 Å². The number of carbonyl (C=O) groups excluding carboxylic acids is 1. The van der Waals surface area contributed by atoms with Gasteiger partial charge in [-0.15, -0.1) is 0 Å². The quantitative estimate of drug-likeness (QED) is 0.718. The summed E-state index contributed by atoms with van der Waals surface area (Å²) < 4.78 is 0. The van der Waals surface area contributed by atoms with Gasteiger partial charge in [0.15, 0.2) is 0 Å². The molecule has 4 bridgehead atoms. The van der Waals surface area contributed by atoms with Crippen molar-refractivity contribution in [2.75, 3.05) is 6.54 Å². The number of hydrogen-bond donors (Lipinski definition) is 0. The molecule has 4 saturated carbocycles. The van der Waals surface area contributed by atoms with Crippen LogP contribution in [0.2, 0.25) is 0 Å². The van der Waals surface area contributed by atoms with Crippen molar-refractivity contribution in [1.29, 1.82) is 0 Å². The molecule has 6 aliphatic rings. The van der Waals surface area contributed by atoms with Gasteiger partial charge in [0.25, 0.3) is 5.91 Å². The van der Waals surface area contributed by atoms with Crippen LogP contribution in [0.25, 0.3) is 0 Å². The Morgan fingerprint density at radius 2 is 1.71 bits per heavy atom. The van der Waals surface area contributed by atoms with Crippen molar-refractivity contribution in [2.45, 2.75) is 57.9 Å². The lowest BCUT2D eigenvalue weighted by Crippen LogP contribution is -2.56. The van der Waals surface area contributed by atoms with E-state index in [1.165, 1.54) is 43.3 Å². The third-order valence-electron chi connectivity index (χ3n) is 7.06. The van der Waals surface area contributed by atoms with Crippen LogP contribution in [-0.4, -0.2) is 23.4 Å². The smallest absolute Gasteiger partial charge is 0.254 e. The van der Waals surface area contributed by atoms with Crippen molar-refractivity contribution >= 4 is 5.91 Å². The minimum absolute atomic E-state index is 0.363. The van der Waals surface area contributed by atoms with E-state index in [0.29, 0.717) is 11.9 Å². The van der Waals surface area contributed by atoms with E-state index in [0.717, 1.165) is 48.6 Å². The molecule has 1 saturated heterocycles. The molecule has 6 rings (SSSR count). The second-order valence-electron chi connectivity index (χ2n) is 8.27. The largest absolute Gasteiger partial charge is 0.331 e. The second-order valence-corrected chi connectivity index (χ2v) is 8.27. The number of rotatable bonds is 1. The molecular weight excluding hydrogens is 258 g/mol. The molecule has 0 aromatic carbocycles. The van der Waals surface area contributed by atoms with E-state index in [2.05, 4.69) is 17.9 Å². The summed E-state index contributed by atoms with van der Waals surface area (Å²) in [5.41, 5.74) is 3.90. The van der Waals surface area contributed by atoms with Crippen molar-refractivity contribution < 1.29 is 4.79 Å². The Kier molecular flexibility index (Phi) is 2.52. The Bertz CT molecular complexity index is 542. The van der Waals surface area contributed by atoms with Crippen LogP contribution in [0, 0.1) is 23.7 Å². The van der Waals surface area contributed by atoms with Gasteiger partial charge in [0.05, 0.1) is 0 Å². The molecule has 0 radical (unpaired) electrons. The fourth-order valence-electron chi connectivity index (χ4n) is 6.42. The van der Waals surface area contributed by atoms with Crippen LogP contribution in [0.3, 0.4) is 0 Å². The van der Waals surface area contributed by atoms with Crippen molar-refractivity contribution in [3.05, 3.63) is 22.8 Å². The molecule has 5 aliphatic carbocycles. The number of hydrogen-bond acceptors (Lipinski definition) is 1. The molecule has 1 aliphatic heterocycles. The molecule has 1 amide bonds. The van der Waals surface area contributed by atoms with E-state index in [9.17, 15) is 4.79 Å². The van der Waals surface area contributed by atoms with Gasteiger partial charge in [0.2, 0.25) is 0 Å². The minimum Gasteiger partial charge on any atom is -0.331 e. The van der Waals surface area contributed by atoms with E-state index < -0.39 is 0 Å². The van der Waals surface area contributed by atoms with Crippen LogP contribution in [-0.2, 0) is 4.79 Å². The topological polar surface area (TPSA) is 20.3 Å². The Balaban J connectivity index is 1.49. The van der Waals surface area contributed by atoms with Gasteiger partial charge in [-0.2, -0.15) is 0 Å². The van der Waals surface area contributed by atoms with E-state index in [4.69, 9.17) is 0 Å². The van der Waals surface area contributed by atoms with Crippen molar-refractivity contribution in [2.24, 2.45) is 23.7 Å². The Hall–Kier alpha value is -1.05. The molecule has 0 unspecified atom stereocenters. The van der Waals surface area contributed by atoms with Gasteiger partial charge >= 0.3 is 0 Å². The van der Waals surface area contributed by atoms with Gasteiger partial charge in [-0.05, 0) is 81.1 Å². The van der Waals surface area contributed by atoms with Gasteiger partial charge < -0.3 is 4.90 Å². The second kappa shape index (κ2) is 4.24. The first-order valence-corrected chi connectivity index (χ1v) is 8.91. The van der Waals surface area contributed by atoms with Crippen molar-refractivity contribution in [1.82, 2.24) is 4.90 Å². The summed E-state index contributed by atoms with van der Waals surface area (Å²) in [6.07, 6.45) is 11.5. The fraction of sp³-hybridized carbons (Fsp3) is 0.737. The minimum atomic E-state index is 0.363. The Morgan fingerprint density at radius 3 is 2.33 bits per heavy atom. The summed E-state index contributed by atoms with van der Waals surface area (Å²) in [6.45, 7) is 3.15. The molecule has 2 nitrogen and oxygen atoms in total. The lowest BCUT2D eigenvalue weighted by atomic mass is 9.54. The fourth-order valence-corrected chi connectivity index (χ4v) is 6.42. The molecule has 2 heteroatoms. The third kappa shape index (κ3) is 1.68. The average Bonchev–Trinajstić information content (AvgIpc) is 2.77. The van der Waals surface area contributed by atoms with Crippen molar-refractivity contribution in [3.8, 4) is 0 Å². The highest BCUT2D eigenvalue weighted by Gasteiger charge is 2.52. The molecule has 0 spiro atoms. The highest BCUT2D eigenvalue weighted by Crippen LogP contribution is 2.56. The van der Waals surface area contributed by atoms with Gasteiger partial charge in [0.1, 0.15) is 0 Å². The summed E-state index contributed by atoms with van der Waals surface area (Å²) in [7, 11) is 0. The van der Waals surface area contributed by atoms with Crippen LogP contribution in [0.4, 0.5) is 0 Å². The highest BCUT2D eigenvalue weighted by molar-refractivity contribution is 6.02. The van der Waals surface area contributed by atoms with E-state index in [-0.39, 0.29) is 0 Å². The van der Waals surface area contributed by atoms with Crippen LogP contribution in [0.15, 0.2) is 22.8 Å². The lowest BCUT2D eigenvalue weighted by Gasteiger charge is -2.56. The van der Waals surface area contributed by atoms with Crippen LogP contribution in [0.1, 0.15) is 51.9 Å². The van der Waals surface area contributed by atoms with Gasteiger partial charge in [-0.3, -0.25) is 4.79 Å². The monoisotopic (exact) mass is 283 g/mol. The zero-order chi connectivity index (χ0) is 14.1. The van der Waals surface area contributed by atoms with Gasteiger partial charge in [0, 0.05) is 18.2 Å². The molecule has 112 valence electrons. The first-order valence-electron chi connectivity index (χ1n) is 8.91. The molecule has 0 aromatic rings. The summed E-state index contributed by atoms with van der Waals surface area (Å²) in [5.74, 6) is 3.97. The average molecular weight is 283 g/mol. The maximum absolute atomic E-state index is 12.9. The SMILES string of the molecule is CC1=C2CN(C3C4CC5CC(C4)CC3C5)C(=O)C2=CCC1. The maximum Gasteiger partial charge on any atom is 0.254 e. The van der Waals surface area contributed by atoms with Crippen LogP contribution in [0.5, 0.6) is 0 Å². The summed E-state index contributed by atoms with van der Waals surface area (Å²) in [5, 5.41) is 0. The first kappa shape index (κ1) is 12.5. The molecular formula is C19H25NO. The highest BCUT2D eigenvalue weighted by atomic mass is 16.2. The molecule has 1 heterocycles. The van der Waals surface area contributed by atoms with Gasteiger partial charge in [-0.1, -0.05) is 11.6 Å². The predicted octanol–water partition coefficient (Wildman–Crippen LogP) is 3.69. The van der Waals surface area contributed by atoms with Crippen LogP contribution < -0.4 is 0 Å². The van der Waals surface area contributed by atoms with Crippen molar-refractivity contribution in [3.63, 3.8) is 0 Å². The maximum atomic E-state index is 12.9. The lowest BCUT2D eigenvalue weighted by molar-refractivity contribution is -0.136. The molecule has 0 aromatic heterocycles. The number of likely N-dealkylation sites (tertiary alicyclic amines) is 1. The molecule has 0 N–H and O–H groups in total.